The first-order chi connectivity index (χ1) is 7.70. The first-order valence-corrected chi connectivity index (χ1v) is 5.99. The van der Waals surface area contributed by atoms with Crippen molar-refractivity contribution in [1.29, 1.82) is 0 Å². The maximum Gasteiger partial charge on any atom is 0.233 e. The Labute approximate surface area is 97.2 Å². The van der Waals surface area contributed by atoms with E-state index in [-0.39, 0.29) is 17.9 Å². The van der Waals surface area contributed by atoms with Crippen molar-refractivity contribution < 1.29 is 9.53 Å². The van der Waals surface area contributed by atoms with Crippen LogP contribution in [0.4, 0.5) is 5.13 Å². The van der Waals surface area contributed by atoms with Crippen molar-refractivity contribution in [2.75, 3.05) is 18.5 Å². The Bertz CT molecular complexity index is 381. The van der Waals surface area contributed by atoms with E-state index in [0.29, 0.717) is 18.3 Å². The van der Waals surface area contributed by atoms with Crippen LogP contribution in [0.3, 0.4) is 0 Å². The first kappa shape index (κ1) is 11.4. The fourth-order valence-corrected chi connectivity index (χ4v) is 2.17. The topological polar surface area (TPSA) is 90.1 Å². The van der Waals surface area contributed by atoms with E-state index in [1.165, 1.54) is 11.3 Å². The first-order valence-electron chi connectivity index (χ1n) is 5.17. The number of carbonyl (C=O) groups excluding carboxylic acids is 1. The van der Waals surface area contributed by atoms with Gasteiger partial charge in [-0.3, -0.25) is 4.79 Å². The number of nitrogens with one attached hydrogen (secondary N) is 1. The number of nitrogens with zero attached hydrogens (tertiary/aromatic N) is 2. The van der Waals surface area contributed by atoms with E-state index in [9.17, 15) is 4.79 Å². The largest absolute Gasteiger partial charge is 0.379 e. The molecule has 1 amide bonds. The Morgan fingerprint density at radius 3 is 3.00 bits per heavy atom. The van der Waals surface area contributed by atoms with Crippen LogP contribution in [-0.2, 0) is 16.0 Å². The molecule has 0 radical (unpaired) electrons. The van der Waals surface area contributed by atoms with Gasteiger partial charge in [0.2, 0.25) is 11.0 Å². The van der Waals surface area contributed by atoms with Gasteiger partial charge < -0.3 is 15.8 Å². The van der Waals surface area contributed by atoms with Gasteiger partial charge in [0.25, 0.3) is 0 Å². The van der Waals surface area contributed by atoms with Gasteiger partial charge in [-0.15, -0.1) is 10.2 Å². The Kier molecular flexibility index (Phi) is 3.47. The maximum atomic E-state index is 11.8. The Morgan fingerprint density at radius 1 is 1.62 bits per heavy atom. The van der Waals surface area contributed by atoms with E-state index in [0.717, 1.165) is 11.4 Å². The lowest BCUT2D eigenvalue weighted by molar-refractivity contribution is -0.120. The summed E-state index contributed by atoms with van der Waals surface area (Å²) in [7, 11) is 0. The number of hydrogen-bond acceptors (Lipinski definition) is 6. The molecule has 1 saturated heterocycles. The molecule has 6 nitrogen and oxygen atoms in total. The van der Waals surface area contributed by atoms with Crippen molar-refractivity contribution in [3.05, 3.63) is 5.01 Å². The summed E-state index contributed by atoms with van der Waals surface area (Å²) in [4.78, 5) is 11.8. The zero-order chi connectivity index (χ0) is 11.5. The van der Waals surface area contributed by atoms with Crippen molar-refractivity contribution in [1.82, 2.24) is 10.2 Å². The van der Waals surface area contributed by atoms with Crippen molar-refractivity contribution in [3.8, 4) is 0 Å². The van der Waals surface area contributed by atoms with Crippen LogP contribution in [-0.4, -0.2) is 35.4 Å². The van der Waals surface area contributed by atoms with E-state index in [2.05, 4.69) is 15.5 Å². The quantitative estimate of drug-likeness (QED) is 0.779. The van der Waals surface area contributed by atoms with Crippen molar-refractivity contribution >= 4 is 22.4 Å². The monoisotopic (exact) mass is 242 g/mol. The van der Waals surface area contributed by atoms with Gasteiger partial charge >= 0.3 is 0 Å². The summed E-state index contributed by atoms with van der Waals surface area (Å²) in [6, 6.07) is -0.224. The van der Waals surface area contributed by atoms with Crippen molar-refractivity contribution in [2.45, 2.75) is 19.4 Å². The highest BCUT2D eigenvalue weighted by Gasteiger charge is 2.31. The second-order valence-electron chi connectivity index (χ2n) is 3.65. The summed E-state index contributed by atoms with van der Waals surface area (Å²) in [6.07, 6.45) is 0.819. The lowest BCUT2D eigenvalue weighted by Crippen LogP contribution is -2.37. The van der Waals surface area contributed by atoms with Gasteiger partial charge in [-0.1, -0.05) is 18.3 Å². The highest BCUT2D eigenvalue weighted by Crippen LogP contribution is 2.18. The number of aromatic nitrogens is 2. The zero-order valence-corrected chi connectivity index (χ0v) is 9.79. The van der Waals surface area contributed by atoms with Crippen LogP contribution < -0.4 is 11.1 Å². The lowest BCUT2D eigenvalue weighted by atomic mass is 10.0. The van der Waals surface area contributed by atoms with Gasteiger partial charge in [-0.05, 0) is 6.42 Å². The number of ether oxygens (including phenoxy) is 1. The lowest BCUT2D eigenvalue weighted by Gasteiger charge is -2.10. The molecule has 1 aromatic rings. The van der Waals surface area contributed by atoms with E-state index >= 15 is 0 Å². The molecule has 0 aromatic carbocycles. The molecule has 0 bridgehead atoms. The highest BCUT2D eigenvalue weighted by molar-refractivity contribution is 7.15. The number of rotatable bonds is 3. The van der Waals surface area contributed by atoms with E-state index in [1.54, 1.807) is 0 Å². The fourth-order valence-electron chi connectivity index (χ4n) is 1.49. The van der Waals surface area contributed by atoms with E-state index in [4.69, 9.17) is 10.5 Å². The zero-order valence-electron chi connectivity index (χ0n) is 8.97. The van der Waals surface area contributed by atoms with Crippen molar-refractivity contribution in [2.24, 2.45) is 11.7 Å². The molecule has 0 spiro atoms. The van der Waals surface area contributed by atoms with Gasteiger partial charge in [0.15, 0.2) is 0 Å². The molecule has 2 atom stereocenters. The van der Waals surface area contributed by atoms with Crippen LogP contribution >= 0.6 is 11.3 Å². The smallest absolute Gasteiger partial charge is 0.233 e. The average molecular weight is 242 g/mol. The summed E-state index contributed by atoms with van der Waals surface area (Å²) < 4.78 is 5.14. The van der Waals surface area contributed by atoms with Gasteiger partial charge in [0.1, 0.15) is 5.01 Å². The minimum absolute atomic E-state index is 0.135. The molecule has 3 N–H and O–H groups in total. The number of amides is 1. The molecule has 0 saturated carbocycles. The van der Waals surface area contributed by atoms with Crippen LogP contribution in [0, 0.1) is 5.92 Å². The normalized spacial score (nSPS) is 24.6. The Hall–Kier alpha value is -1.05. The fraction of sp³-hybridized carbons (Fsp3) is 0.667. The summed E-state index contributed by atoms with van der Waals surface area (Å²) in [5.74, 6) is -0.419. The number of nitrogens with two attached hydrogens (primary N) is 1. The minimum Gasteiger partial charge on any atom is -0.379 e. The van der Waals surface area contributed by atoms with E-state index in [1.807, 2.05) is 6.92 Å². The number of anilines is 1. The molecular formula is C9H14N4O2S. The molecule has 1 aromatic heterocycles. The summed E-state index contributed by atoms with van der Waals surface area (Å²) >= 11 is 1.39. The molecule has 1 aliphatic heterocycles. The highest BCUT2D eigenvalue weighted by atomic mass is 32.1. The van der Waals surface area contributed by atoms with Crippen LogP contribution in [0.5, 0.6) is 0 Å². The number of carbonyl (C=O) groups is 1. The summed E-state index contributed by atoms with van der Waals surface area (Å²) in [5, 5.41) is 12.0. The predicted octanol–water partition coefficient (Wildman–Crippen LogP) is 0.0127. The Balaban J connectivity index is 1.96. The van der Waals surface area contributed by atoms with Gasteiger partial charge in [0.05, 0.1) is 19.1 Å². The standard InChI is InChI=1S/C9H14N4O2S/c1-2-7-12-13-9(16-7)11-8(14)5-3-15-4-6(5)10/h5-6H,2-4,10H2,1H3,(H,11,13,14). The Morgan fingerprint density at radius 2 is 2.44 bits per heavy atom. The second-order valence-corrected chi connectivity index (χ2v) is 4.71. The van der Waals surface area contributed by atoms with Crippen LogP contribution in [0.2, 0.25) is 0 Å². The van der Waals surface area contributed by atoms with Gasteiger partial charge in [-0.25, -0.2) is 0 Å². The molecule has 2 heterocycles. The average Bonchev–Trinajstić information content (AvgIpc) is 2.86. The third-order valence-electron chi connectivity index (χ3n) is 2.46. The summed E-state index contributed by atoms with van der Waals surface area (Å²) in [6.45, 7) is 2.81. The predicted molar refractivity (Wildman–Crippen MR) is 60.2 cm³/mol. The third-order valence-corrected chi connectivity index (χ3v) is 3.44. The second kappa shape index (κ2) is 4.86. The number of hydrogen-bond donors (Lipinski definition) is 2. The minimum atomic E-state index is -0.283. The van der Waals surface area contributed by atoms with Crippen LogP contribution in [0.25, 0.3) is 0 Å². The van der Waals surface area contributed by atoms with E-state index < -0.39 is 0 Å². The number of aryl methyl sites for hydroxylation is 1. The molecular weight excluding hydrogens is 228 g/mol. The van der Waals surface area contributed by atoms with Gasteiger partial charge in [-0.2, -0.15) is 0 Å². The molecule has 2 rings (SSSR count). The molecule has 0 aliphatic carbocycles. The van der Waals surface area contributed by atoms with Crippen LogP contribution in [0.15, 0.2) is 0 Å². The molecule has 7 heteroatoms. The van der Waals surface area contributed by atoms with Gasteiger partial charge in [0, 0.05) is 6.04 Å². The molecule has 1 aliphatic rings. The SMILES string of the molecule is CCc1nnc(NC(=O)C2COCC2N)s1. The molecule has 16 heavy (non-hydrogen) atoms. The third kappa shape index (κ3) is 2.37. The maximum absolute atomic E-state index is 11.8. The molecule has 1 fully saturated rings. The molecule has 2 unspecified atom stereocenters. The van der Waals surface area contributed by atoms with Crippen molar-refractivity contribution in [3.63, 3.8) is 0 Å². The van der Waals surface area contributed by atoms with Crippen LogP contribution in [0.1, 0.15) is 11.9 Å². The molecule has 88 valence electrons. The summed E-state index contributed by atoms with van der Waals surface area (Å²) in [5.41, 5.74) is 5.75.